The summed E-state index contributed by atoms with van der Waals surface area (Å²) in [7, 11) is 0. The van der Waals surface area contributed by atoms with Gasteiger partial charge < -0.3 is 9.47 Å². The average Bonchev–Trinajstić information content (AvgIpc) is 3.80. The summed E-state index contributed by atoms with van der Waals surface area (Å²) in [6.07, 6.45) is 0. The molecule has 55 heavy (non-hydrogen) atoms. The molecule has 0 spiro atoms. The minimum absolute atomic E-state index is 1.12. The number of nitrogens with zero attached hydrogens (tertiary/aromatic N) is 2. The van der Waals surface area contributed by atoms with Gasteiger partial charge in [0, 0.05) is 53.6 Å². The van der Waals surface area contributed by atoms with E-state index in [4.69, 9.17) is 0 Å². The van der Waals surface area contributed by atoms with Gasteiger partial charge in [0.2, 0.25) is 0 Å². The highest BCUT2D eigenvalue weighted by atomic mass is 32.1. The zero-order valence-electron chi connectivity index (χ0n) is 29.9. The predicted octanol–water partition coefficient (Wildman–Crippen LogP) is 15.1. The fourth-order valence-electron chi connectivity index (χ4n) is 8.36. The third-order valence-electron chi connectivity index (χ3n) is 11.0. The standard InChI is InChI=1S/C52H34N2S/c1-2-12-39-33-41(30-27-35(39)11-1)53(42-31-32-52-47(34-42)46-16-6-10-20-51(46)55-52)40-28-25-37(26-29-40)36-21-23-38(24-22-36)43-13-3-7-17-48(43)54-49-18-8-4-14-44(49)45-15-5-9-19-50(45)54/h1-34H. The van der Waals surface area contributed by atoms with E-state index in [1.54, 1.807) is 0 Å². The van der Waals surface area contributed by atoms with Crippen LogP contribution in [0.4, 0.5) is 17.1 Å². The number of anilines is 3. The van der Waals surface area contributed by atoms with Crippen LogP contribution in [-0.2, 0) is 0 Å². The number of thiophene rings is 1. The Balaban J connectivity index is 0.969. The predicted molar refractivity (Wildman–Crippen MR) is 237 cm³/mol. The van der Waals surface area contributed by atoms with Crippen molar-refractivity contribution in [3.8, 4) is 27.9 Å². The first-order valence-corrected chi connectivity index (χ1v) is 19.6. The highest BCUT2D eigenvalue weighted by molar-refractivity contribution is 7.25. The first kappa shape index (κ1) is 31.6. The Morgan fingerprint density at radius 1 is 0.345 bits per heavy atom. The van der Waals surface area contributed by atoms with E-state index in [9.17, 15) is 0 Å². The first-order chi connectivity index (χ1) is 27.3. The molecule has 0 saturated carbocycles. The van der Waals surface area contributed by atoms with Crippen molar-refractivity contribution in [2.24, 2.45) is 0 Å². The Kier molecular flexibility index (Phi) is 7.39. The van der Waals surface area contributed by atoms with Gasteiger partial charge in [0.25, 0.3) is 0 Å². The van der Waals surface area contributed by atoms with E-state index < -0.39 is 0 Å². The second kappa shape index (κ2) is 12.9. The Morgan fingerprint density at radius 3 is 1.64 bits per heavy atom. The lowest BCUT2D eigenvalue weighted by Crippen LogP contribution is -2.09. The van der Waals surface area contributed by atoms with Crippen LogP contribution in [0.3, 0.4) is 0 Å². The third-order valence-corrected chi connectivity index (χ3v) is 12.1. The molecule has 0 atom stereocenters. The Morgan fingerprint density at radius 2 is 0.873 bits per heavy atom. The van der Waals surface area contributed by atoms with Crippen LogP contribution in [0.25, 0.3) is 80.7 Å². The quantitative estimate of drug-likeness (QED) is 0.166. The van der Waals surface area contributed by atoms with Crippen LogP contribution in [-0.4, -0.2) is 4.57 Å². The number of benzene rings is 9. The van der Waals surface area contributed by atoms with Crippen molar-refractivity contribution in [2.45, 2.75) is 0 Å². The Labute approximate surface area is 323 Å². The molecule has 0 radical (unpaired) electrons. The molecule has 0 bridgehead atoms. The van der Waals surface area contributed by atoms with Crippen LogP contribution in [0.15, 0.2) is 206 Å². The summed E-state index contributed by atoms with van der Waals surface area (Å²) < 4.78 is 5.03. The van der Waals surface area contributed by atoms with Crippen LogP contribution in [0.1, 0.15) is 0 Å². The van der Waals surface area contributed by atoms with Gasteiger partial charge in [-0.1, -0.05) is 140 Å². The van der Waals surface area contributed by atoms with Crippen molar-refractivity contribution >= 4 is 81.1 Å². The van der Waals surface area contributed by atoms with Crippen LogP contribution < -0.4 is 4.90 Å². The summed E-state index contributed by atoms with van der Waals surface area (Å²) in [5, 5.41) is 7.60. The van der Waals surface area contributed by atoms with Gasteiger partial charge in [0.1, 0.15) is 0 Å². The number of rotatable bonds is 6. The Bertz CT molecular complexity index is 3150. The molecule has 0 saturated heterocycles. The number of para-hydroxylation sites is 3. The molecule has 2 aromatic heterocycles. The highest BCUT2D eigenvalue weighted by Gasteiger charge is 2.17. The topological polar surface area (TPSA) is 8.17 Å². The molecule has 0 aliphatic heterocycles. The largest absolute Gasteiger partial charge is 0.310 e. The lowest BCUT2D eigenvalue weighted by atomic mass is 9.98. The van der Waals surface area contributed by atoms with Crippen LogP contribution in [0.5, 0.6) is 0 Å². The number of hydrogen-bond acceptors (Lipinski definition) is 2. The molecule has 0 unspecified atom stereocenters. The van der Waals surface area contributed by atoms with Crippen molar-refractivity contribution in [1.29, 1.82) is 0 Å². The molecule has 258 valence electrons. The maximum atomic E-state index is 2.41. The molecule has 2 heterocycles. The summed E-state index contributed by atoms with van der Waals surface area (Å²) >= 11 is 1.86. The molecule has 0 N–H and O–H groups in total. The molecular weight excluding hydrogens is 685 g/mol. The van der Waals surface area contributed by atoms with E-state index in [0.29, 0.717) is 0 Å². The molecule has 11 aromatic rings. The van der Waals surface area contributed by atoms with Gasteiger partial charge in [-0.05, 0) is 94.2 Å². The van der Waals surface area contributed by atoms with Gasteiger partial charge in [0.05, 0.1) is 16.7 Å². The minimum atomic E-state index is 1.12. The monoisotopic (exact) mass is 718 g/mol. The van der Waals surface area contributed by atoms with Crippen molar-refractivity contribution in [3.05, 3.63) is 206 Å². The van der Waals surface area contributed by atoms with Crippen LogP contribution in [0.2, 0.25) is 0 Å². The van der Waals surface area contributed by atoms with E-state index in [0.717, 1.165) is 17.1 Å². The fraction of sp³-hybridized carbons (Fsp3) is 0. The molecule has 0 amide bonds. The van der Waals surface area contributed by atoms with E-state index >= 15 is 0 Å². The summed E-state index contributed by atoms with van der Waals surface area (Å²) in [6, 6.07) is 75.2. The zero-order valence-corrected chi connectivity index (χ0v) is 30.7. The second-order valence-electron chi connectivity index (χ2n) is 14.2. The fourth-order valence-corrected chi connectivity index (χ4v) is 9.44. The molecule has 11 rings (SSSR count). The summed E-state index contributed by atoms with van der Waals surface area (Å²) in [5.41, 5.74) is 11.8. The van der Waals surface area contributed by atoms with E-state index in [1.165, 1.54) is 80.7 Å². The van der Waals surface area contributed by atoms with Gasteiger partial charge in [-0.25, -0.2) is 0 Å². The molecule has 9 aromatic carbocycles. The lowest BCUT2D eigenvalue weighted by molar-refractivity contribution is 1.18. The smallest absolute Gasteiger partial charge is 0.0541 e. The third kappa shape index (κ3) is 5.32. The SMILES string of the molecule is c1ccc(-n2c3ccccc3c3ccccc32)c(-c2ccc(-c3ccc(N(c4ccc5ccccc5c4)c4ccc5sc6ccccc6c5c4)cc3)cc2)c1. The lowest BCUT2D eigenvalue weighted by Gasteiger charge is -2.26. The molecule has 0 aliphatic carbocycles. The zero-order chi connectivity index (χ0) is 36.3. The van der Waals surface area contributed by atoms with Crippen molar-refractivity contribution < 1.29 is 0 Å². The first-order valence-electron chi connectivity index (χ1n) is 18.8. The summed E-state index contributed by atoms with van der Waals surface area (Å²) in [6.45, 7) is 0. The maximum Gasteiger partial charge on any atom is 0.0541 e. The van der Waals surface area contributed by atoms with Crippen LogP contribution >= 0.6 is 11.3 Å². The molecule has 0 fully saturated rings. The molecule has 2 nitrogen and oxygen atoms in total. The van der Waals surface area contributed by atoms with Gasteiger partial charge >= 0.3 is 0 Å². The van der Waals surface area contributed by atoms with Gasteiger partial charge in [0.15, 0.2) is 0 Å². The van der Waals surface area contributed by atoms with Crippen molar-refractivity contribution in [1.82, 2.24) is 4.57 Å². The van der Waals surface area contributed by atoms with Gasteiger partial charge in [-0.2, -0.15) is 0 Å². The molecular formula is C52H34N2S. The van der Waals surface area contributed by atoms with E-state index in [1.807, 2.05) is 11.3 Å². The van der Waals surface area contributed by atoms with E-state index in [-0.39, 0.29) is 0 Å². The highest BCUT2D eigenvalue weighted by Crippen LogP contribution is 2.42. The summed E-state index contributed by atoms with van der Waals surface area (Å²) in [4.78, 5) is 2.39. The molecule has 3 heteroatoms. The Hall–Kier alpha value is -6.94. The van der Waals surface area contributed by atoms with Crippen molar-refractivity contribution in [3.63, 3.8) is 0 Å². The van der Waals surface area contributed by atoms with E-state index in [2.05, 4.69) is 216 Å². The van der Waals surface area contributed by atoms with Gasteiger partial charge in [-0.3, -0.25) is 0 Å². The normalized spacial score (nSPS) is 11.6. The maximum absolute atomic E-state index is 2.41. The number of hydrogen-bond donors (Lipinski definition) is 0. The van der Waals surface area contributed by atoms with Crippen LogP contribution in [0, 0.1) is 0 Å². The summed E-state index contributed by atoms with van der Waals surface area (Å²) in [5.74, 6) is 0. The minimum Gasteiger partial charge on any atom is -0.310 e. The van der Waals surface area contributed by atoms with Crippen molar-refractivity contribution in [2.75, 3.05) is 4.90 Å². The number of aromatic nitrogens is 1. The molecule has 0 aliphatic rings. The van der Waals surface area contributed by atoms with Gasteiger partial charge in [-0.15, -0.1) is 11.3 Å². The average molecular weight is 719 g/mol. The number of fused-ring (bicyclic) bond motifs is 7. The second-order valence-corrected chi connectivity index (χ2v) is 15.2.